The molecule has 0 spiro atoms. The van der Waals surface area contributed by atoms with E-state index in [0.29, 0.717) is 5.75 Å². The number of nitrogens with one attached hydrogen (secondary N) is 1. The standard InChI is InChI=1S/C18H21NO2S/c1-18(2,3)16(20)11-22-12-17(21)19-15-10-6-8-13-7-4-5-9-14(13)15/h4-10H,11-12H2,1-3H3,(H,19,21). The molecule has 2 aromatic carbocycles. The van der Waals surface area contributed by atoms with Crippen molar-refractivity contribution in [3.63, 3.8) is 0 Å². The summed E-state index contributed by atoms with van der Waals surface area (Å²) in [6, 6.07) is 13.8. The summed E-state index contributed by atoms with van der Waals surface area (Å²) in [5, 5.41) is 5.04. The summed E-state index contributed by atoms with van der Waals surface area (Å²) in [6.07, 6.45) is 0. The molecule has 3 nitrogen and oxygen atoms in total. The molecule has 0 unspecified atom stereocenters. The maximum Gasteiger partial charge on any atom is 0.234 e. The van der Waals surface area contributed by atoms with Crippen molar-refractivity contribution in [1.82, 2.24) is 0 Å². The molecule has 0 saturated heterocycles. The summed E-state index contributed by atoms with van der Waals surface area (Å²) in [5.74, 6) is 0.732. The van der Waals surface area contributed by atoms with Gasteiger partial charge < -0.3 is 5.32 Å². The molecule has 0 aliphatic rings. The quantitative estimate of drug-likeness (QED) is 0.902. The zero-order valence-corrected chi connectivity index (χ0v) is 14.0. The van der Waals surface area contributed by atoms with E-state index in [2.05, 4.69) is 5.32 Å². The molecular formula is C18H21NO2S. The Balaban J connectivity index is 1.93. The Morgan fingerprint density at radius 1 is 1.00 bits per heavy atom. The second kappa shape index (κ2) is 6.97. The van der Waals surface area contributed by atoms with Crippen LogP contribution in [0.25, 0.3) is 10.8 Å². The maximum absolute atomic E-state index is 12.0. The zero-order chi connectivity index (χ0) is 16.2. The number of benzene rings is 2. The highest BCUT2D eigenvalue weighted by molar-refractivity contribution is 8.00. The number of thioether (sulfide) groups is 1. The Hall–Kier alpha value is -1.81. The van der Waals surface area contributed by atoms with Crippen molar-refractivity contribution in [2.45, 2.75) is 20.8 Å². The van der Waals surface area contributed by atoms with Gasteiger partial charge in [0.2, 0.25) is 5.91 Å². The van der Waals surface area contributed by atoms with E-state index < -0.39 is 0 Å². The van der Waals surface area contributed by atoms with Crippen LogP contribution >= 0.6 is 11.8 Å². The van der Waals surface area contributed by atoms with Gasteiger partial charge in [-0.05, 0) is 11.5 Å². The molecule has 1 amide bonds. The lowest BCUT2D eigenvalue weighted by Gasteiger charge is -2.15. The van der Waals surface area contributed by atoms with Gasteiger partial charge in [-0.2, -0.15) is 0 Å². The van der Waals surface area contributed by atoms with E-state index in [0.717, 1.165) is 16.5 Å². The lowest BCUT2D eigenvalue weighted by Crippen LogP contribution is -2.23. The Bertz CT molecular complexity index is 684. The highest BCUT2D eigenvalue weighted by Crippen LogP contribution is 2.23. The number of anilines is 1. The van der Waals surface area contributed by atoms with Crippen LogP contribution in [-0.4, -0.2) is 23.2 Å². The first kappa shape index (κ1) is 16.6. The van der Waals surface area contributed by atoms with Gasteiger partial charge in [0.1, 0.15) is 5.78 Å². The molecule has 0 aliphatic carbocycles. The Morgan fingerprint density at radius 2 is 1.68 bits per heavy atom. The molecule has 0 saturated carbocycles. The van der Waals surface area contributed by atoms with Crippen LogP contribution in [0.1, 0.15) is 20.8 Å². The highest BCUT2D eigenvalue weighted by atomic mass is 32.2. The van der Waals surface area contributed by atoms with Crippen LogP contribution in [0.5, 0.6) is 0 Å². The first-order valence-corrected chi connectivity index (χ1v) is 8.42. The fourth-order valence-corrected chi connectivity index (χ4v) is 2.95. The summed E-state index contributed by atoms with van der Waals surface area (Å²) in [6.45, 7) is 5.68. The lowest BCUT2D eigenvalue weighted by atomic mass is 9.92. The number of Topliss-reactive ketones (excluding diaryl/α,β-unsaturated/α-hetero) is 1. The van der Waals surface area contributed by atoms with E-state index >= 15 is 0 Å². The molecule has 0 heterocycles. The fraction of sp³-hybridized carbons (Fsp3) is 0.333. The second-order valence-electron chi connectivity index (χ2n) is 6.24. The topological polar surface area (TPSA) is 46.2 Å². The summed E-state index contributed by atoms with van der Waals surface area (Å²) >= 11 is 1.36. The van der Waals surface area contributed by atoms with Crippen molar-refractivity contribution < 1.29 is 9.59 Å². The SMILES string of the molecule is CC(C)(C)C(=O)CSCC(=O)Nc1cccc2ccccc12. The molecule has 0 aliphatic heterocycles. The number of fused-ring (bicyclic) bond motifs is 1. The van der Waals surface area contributed by atoms with Crippen LogP contribution in [-0.2, 0) is 9.59 Å². The number of carbonyl (C=O) groups excluding carboxylic acids is 2. The van der Waals surface area contributed by atoms with Gasteiger partial charge in [0.25, 0.3) is 0 Å². The molecule has 0 bridgehead atoms. The molecule has 0 atom stereocenters. The fourth-order valence-electron chi connectivity index (χ4n) is 1.97. The van der Waals surface area contributed by atoms with E-state index in [4.69, 9.17) is 0 Å². The van der Waals surface area contributed by atoms with Gasteiger partial charge in [0, 0.05) is 16.5 Å². The largest absolute Gasteiger partial charge is 0.325 e. The third-order valence-corrected chi connectivity index (χ3v) is 4.30. The minimum absolute atomic E-state index is 0.0805. The number of hydrogen-bond acceptors (Lipinski definition) is 3. The van der Waals surface area contributed by atoms with Gasteiger partial charge in [-0.3, -0.25) is 9.59 Å². The second-order valence-corrected chi connectivity index (χ2v) is 7.23. The molecule has 22 heavy (non-hydrogen) atoms. The maximum atomic E-state index is 12.0. The molecular weight excluding hydrogens is 294 g/mol. The predicted octanol–water partition coefficient (Wildman–Crippen LogP) is 4.13. The van der Waals surface area contributed by atoms with Gasteiger partial charge in [-0.15, -0.1) is 11.8 Å². The minimum atomic E-state index is -0.348. The summed E-state index contributed by atoms with van der Waals surface area (Å²) in [4.78, 5) is 23.9. The molecule has 116 valence electrons. The average molecular weight is 315 g/mol. The third-order valence-electron chi connectivity index (χ3n) is 3.37. The zero-order valence-electron chi connectivity index (χ0n) is 13.2. The monoisotopic (exact) mass is 315 g/mol. The van der Waals surface area contributed by atoms with Crippen molar-refractivity contribution >= 4 is 39.9 Å². The van der Waals surface area contributed by atoms with E-state index in [1.807, 2.05) is 63.2 Å². The molecule has 0 radical (unpaired) electrons. The van der Waals surface area contributed by atoms with Gasteiger partial charge in [-0.25, -0.2) is 0 Å². The number of carbonyl (C=O) groups is 2. The van der Waals surface area contributed by atoms with Crippen LogP contribution < -0.4 is 5.32 Å². The molecule has 1 N–H and O–H groups in total. The molecule has 0 fully saturated rings. The van der Waals surface area contributed by atoms with Gasteiger partial charge in [0.15, 0.2) is 0 Å². The summed E-state index contributed by atoms with van der Waals surface area (Å²) < 4.78 is 0. The number of amides is 1. The van der Waals surface area contributed by atoms with Gasteiger partial charge >= 0.3 is 0 Å². The number of rotatable bonds is 5. The summed E-state index contributed by atoms with van der Waals surface area (Å²) in [5.41, 5.74) is 0.463. The van der Waals surface area contributed by atoms with Crippen molar-refractivity contribution in [1.29, 1.82) is 0 Å². The number of ketones is 1. The van der Waals surface area contributed by atoms with Crippen molar-refractivity contribution in [3.05, 3.63) is 42.5 Å². The third kappa shape index (κ3) is 4.34. The Kier molecular flexibility index (Phi) is 5.24. The van der Waals surface area contributed by atoms with Crippen LogP contribution in [0.15, 0.2) is 42.5 Å². The highest BCUT2D eigenvalue weighted by Gasteiger charge is 2.21. The van der Waals surface area contributed by atoms with Crippen LogP contribution in [0, 0.1) is 5.41 Å². The molecule has 4 heteroatoms. The molecule has 2 aromatic rings. The van der Waals surface area contributed by atoms with E-state index in [1.54, 1.807) is 0 Å². The van der Waals surface area contributed by atoms with Crippen LogP contribution in [0.2, 0.25) is 0 Å². The van der Waals surface area contributed by atoms with E-state index in [-0.39, 0.29) is 22.9 Å². The number of hydrogen-bond donors (Lipinski definition) is 1. The first-order chi connectivity index (χ1) is 10.4. The van der Waals surface area contributed by atoms with Gasteiger partial charge in [0.05, 0.1) is 11.5 Å². The lowest BCUT2D eigenvalue weighted by molar-refractivity contribution is -0.123. The molecule has 0 aromatic heterocycles. The van der Waals surface area contributed by atoms with Crippen LogP contribution in [0.3, 0.4) is 0 Å². The molecule has 2 rings (SSSR count). The average Bonchev–Trinajstić information content (AvgIpc) is 2.46. The first-order valence-electron chi connectivity index (χ1n) is 7.26. The van der Waals surface area contributed by atoms with Crippen molar-refractivity contribution in [3.8, 4) is 0 Å². The van der Waals surface area contributed by atoms with E-state index in [1.165, 1.54) is 11.8 Å². The van der Waals surface area contributed by atoms with Crippen molar-refractivity contribution in [2.75, 3.05) is 16.8 Å². The van der Waals surface area contributed by atoms with E-state index in [9.17, 15) is 9.59 Å². The van der Waals surface area contributed by atoms with Crippen molar-refractivity contribution in [2.24, 2.45) is 5.41 Å². The minimum Gasteiger partial charge on any atom is -0.325 e. The van der Waals surface area contributed by atoms with Crippen LogP contribution in [0.4, 0.5) is 5.69 Å². The normalized spacial score (nSPS) is 11.4. The Morgan fingerprint density at radius 3 is 2.41 bits per heavy atom. The van der Waals surface area contributed by atoms with Gasteiger partial charge in [-0.1, -0.05) is 57.2 Å². The predicted molar refractivity (Wildman–Crippen MR) is 94.4 cm³/mol. The Labute approximate surface area is 135 Å². The summed E-state index contributed by atoms with van der Waals surface area (Å²) in [7, 11) is 0. The smallest absolute Gasteiger partial charge is 0.234 e.